The lowest BCUT2D eigenvalue weighted by Crippen LogP contribution is -2.55. The zero-order valence-corrected chi connectivity index (χ0v) is 20.5. The molecule has 0 radical (unpaired) electrons. The van der Waals surface area contributed by atoms with Crippen LogP contribution in [0.5, 0.6) is 0 Å². The van der Waals surface area contributed by atoms with E-state index in [1.165, 1.54) is 18.4 Å². The minimum atomic E-state index is -0.500. The Hall–Kier alpha value is -2.96. The van der Waals surface area contributed by atoms with Crippen molar-refractivity contribution in [2.75, 3.05) is 12.4 Å². The lowest BCUT2D eigenvalue weighted by molar-refractivity contribution is -0.116. The number of nitrogens with one attached hydrogen (secondary N) is 2. The summed E-state index contributed by atoms with van der Waals surface area (Å²) >= 11 is 1.45. The Morgan fingerprint density at radius 2 is 1.52 bits per heavy atom. The lowest BCUT2D eigenvalue weighted by atomic mass is 9.81. The molecule has 1 aliphatic heterocycles. The van der Waals surface area contributed by atoms with Crippen LogP contribution in [0.1, 0.15) is 65.5 Å². The Morgan fingerprint density at radius 1 is 0.970 bits per heavy atom. The van der Waals surface area contributed by atoms with Crippen molar-refractivity contribution in [1.29, 1.82) is 0 Å². The third-order valence-electron chi connectivity index (χ3n) is 6.00. The number of carbonyl (C=O) groups is 2. The molecule has 6 heteroatoms. The first kappa shape index (κ1) is 23.2. The summed E-state index contributed by atoms with van der Waals surface area (Å²) in [5.41, 5.74) is 2.67. The number of anilines is 1. The fourth-order valence-corrected chi connectivity index (χ4v) is 6.17. The predicted octanol–water partition coefficient (Wildman–Crippen LogP) is 5.46. The van der Waals surface area contributed by atoms with Crippen molar-refractivity contribution in [3.8, 4) is 0 Å². The highest BCUT2D eigenvalue weighted by Crippen LogP contribution is 2.45. The van der Waals surface area contributed by atoms with Gasteiger partial charge in [0.15, 0.2) is 0 Å². The molecule has 2 heterocycles. The molecule has 1 aromatic heterocycles. The van der Waals surface area contributed by atoms with Gasteiger partial charge in [-0.1, -0.05) is 60.7 Å². The molecule has 172 valence electrons. The van der Waals surface area contributed by atoms with Crippen LogP contribution in [0.15, 0.2) is 60.7 Å². The molecule has 0 spiro atoms. The Bertz CT molecular complexity index is 1130. The number of amides is 1. The Labute approximate surface area is 199 Å². The molecule has 0 aliphatic carbocycles. The third kappa shape index (κ3) is 4.59. The molecule has 1 aliphatic rings. The van der Waals surface area contributed by atoms with Crippen LogP contribution in [-0.2, 0) is 21.5 Å². The van der Waals surface area contributed by atoms with E-state index in [1.54, 1.807) is 0 Å². The fraction of sp³-hybridized carbons (Fsp3) is 0.333. The monoisotopic (exact) mass is 462 g/mol. The Kier molecular flexibility index (Phi) is 6.16. The Balaban J connectivity index is 1.79. The van der Waals surface area contributed by atoms with Crippen LogP contribution >= 0.6 is 11.3 Å². The lowest BCUT2D eigenvalue weighted by Gasteiger charge is -2.42. The van der Waals surface area contributed by atoms with Crippen LogP contribution in [0.25, 0.3) is 0 Å². The standard InChI is InChI=1S/C27H30N2O3S/c1-26(2)16-19-21(25(31)32-5)24(33-22(19)27(3,4)29-26)28-23(30)20(17-12-8-6-9-13-17)18-14-10-7-11-15-18/h6-15,20,29H,16H2,1-5H3,(H,28,30). The summed E-state index contributed by atoms with van der Waals surface area (Å²) in [6, 6.07) is 19.4. The van der Waals surface area contributed by atoms with E-state index in [2.05, 4.69) is 38.3 Å². The largest absolute Gasteiger partial charge is 0.465 e. The van der Waals surface area contributed by atoms with Gasteiger partial charge in [0.05, 0.1) is 18.6 Å². The number of carbonyl (C=O) groups excluding carboxylic acids is 2. The molecule has 0 fully saturated rings. The van der Waals surface area contributed by atoms with Gasteiger partial charge in [0, 0.05) is 16.0 Å². The number of methoxy groups -OCH3 is 1. The van der Waals surface area contributed by atoms with E-state index in [0.29, 0.717) is 17.0 Å². The van der Waals surface area contributed by atoms with E-state index in [1.807, 2.05) is 60.7 Å². The normalized spacial score (nSPS) is 16.2. The molecule has 0 bridgehead atoms. The van der Waals surface area contributed by atoms with Crippen molar-refractivity contribution in [1.82, 2.24) is 5.32 Å². The minimum Gasteiger partial charge on any atom is -0.465 e. The van der Waals surface area contributed by atoms with Gasteiger partial charge in [-0.15, -0.1) is 11.3 Å². The van der Waals surface area contributed by atoms with Gasteiger partial charge in [0.25, 0.3) is 0 Å². The summed E-state index contributed by atoms with van der Waals surface area (Å²) in [6.07, 6.45) is 0.670. The minimum absolute atomic E-state index is 0.179. The summed E-state index contributed by atoms with van der Waals surface area (Å²) < 4.78 is 5.15. The molecule has 5 nitrogen and oxygen atoms in total. The SMILES string of the molecule is COC(=O)c1c(NC(=O)C(c2ccccc2)c2ccccc2)sc2c1CC(C)(C)NC2(C)C. The van der Waals surface area contributed by atoms with Gasteiger partial charge < -0.3 is 15.4 Å². The first-order valence-electron chi connectivity index (χ1n) is 11.1. The molecule has 0 atom stereocenters. The van der Waals surface area contributed by atoms with E-state index < -0.39 is 11.9 Å². The number of esters is 1. The van der Waals surface area contributed by atoms with Crippen LogP contribution in [0.2, 0.25) is 0 Å². The maximum atomic E-state index is 13.7. The zero-order chi connectivity index (χ0) is 23.8. The number of fused-ring (bicyclic) bond motifs is 1. The van der Waals surface area contributed by atoms with Gasteiger partial charge in [-0.25, -0.2) is 4.79 Å². The van der Waals surface area contributed by atoms with Crippen molar-refractivity contribution in [3.63, 3.8) is 0 Å². The smallest absolute Gasteiger partial charge is 0.341 e. The van der Waals surface area contributed by atoms with Crippen LogP contribution in [0, 0.1) is 0 Å². The number of thiophene rings is 1. The van der Waals surface area contributed by atoms with Gasteiger partial charge in [0.1, 0.15) is 5.00 Å². The van der Waals surface area contributed by atoms with E-state index in [4.69, 9.17) is 4.74 Å². The number of rotatable bonds is 5. The molecule has 33 heavy (non-hydrogen) atoms. The highest BCUT2D eigenvalue weighted by molar-refractivity contribution is 7.17. The number of hydrogen-bond acceptors (Lipinski definition) is 5. The van der Waals surface area contributed by atoms with Crippen molar-refractivity contribution >= 4 is 28.2 Å². The molecule has 3 aromatic rings. The van der Waals surface area contributed by atoms with Gasteiger partial charge >= 0.3 is 5.97 Å². The predicted molar refractivity (Wildman–Crippen MR) is 133 cm³/mol. The van der Waals surface area contributed by atoms with E-state index in [0.717, 1.165) is 21.6 Å². The summed E-state index contributed by atoms with van der Waals surface area (Å²) in [5, 5.41) is 7.30. The first-order chi connectivity index (χ1) is 15.6. The van der Waals surface area contributed by atoms with Gasteiger partial charge in [-0.05, 0) is 50.8 Å². The maximum absolute atomic E-state index is 13.7. The van der Waals surface area contributed by atoms with Crippen LogP contribution < -0.4 is 10.6 Å². The van der Waals surface area contributed by atoms with Crippen LogP contribution in [0.4, 0.5) is 5.00 Å². The molecule has 2 aromatic carbocycles. The van der Waals surface area contributed by atoms with Gasteiger partial charge in [0.2, 0.25) is 5.91 Å². The van der Waals surface area contributed by atoms with Crippen molar-refractivity contribution < 1.29 is 14.3 Å². The summed E-state index contributed by atoms with van der Waals surface area (Å²) in [7, 11) is 1.38. The summed E-state index contributed by atoms with van der Waals surface area (Å²) in [4.78, 5) is 27.6. The highest BCUT2D eigenvalue weighted by atomic mass is 32.1. The molecule has 0 saturated carbocycles. The van der Waals surface area contributed by atoms with Crippen LogP contribution in [0.3, 0.4) is 0 Å². The van der Waals surface area contributed by atoms with Crippen LogP contribution in [-0.4, -0.2) is 24.5 Å². The van der Waals surface area contributed by atoms with E-state index >= 15 is 0 Å². The number of benzene rings is 2. The quantitative estimate of drug-likeness (QED) is 0.494. The molecule has 2 N–H and O–H groups in total. The molecule has 4 rings (SSSR count). The van der Waals surface area contributed by atoms with Crippen molar-refractivity contribution in [3.05, 3.63) is 87.8 Å². The molecule has 0 unspecified atom stereocenters. The first-order valence-corrected chi connectivity index (χ1v) is 11.9. The molecule has 0 saturated heterocycles. The molecular weight excluding hydrogens is 432 g/mol. The maximum Gasteiger partial charge on any atom is 0.341 e. The molecular formula is C27H30N2O3S. The zero-order valence-electron chi connectivity index (χ0n) is 19.7. The molecule has 1 amide bonds. The average Bonchev–Trinajstić information content (AvgIpc) is 3.12. The second-order valence-electron chi connectivity index (χ2n) is 9.66. The van der Waals surface area contributed by atoms with E-state index in [9.17, 15) is 9.59 Å². The summed E-state index contributed by atoms with van der Waals surface area (Å²) in [6.45, 7) is 8.45. The average molecular weight is 463 g/mol. The topological polar surface area (TPSA) is 67.4 Å². The summed E-state index contributed by atoms with van der Waals surface area (Å²) in [5.74, 6) is -1.10. The van der Waals surface area contributed by atoms with Gasteiger partial charge in [-0.3, -0.25) is 4.79 Å². The third-order valence-corrected chi connectivity index (χ3v) is 7.47. The highest BCUT2D eigenvalue weighted by Gasteiger charge is 2.42. The van der Waals surface area contributed by atoms with Gasteiger partial charge in [-0.2, -0.15) is 0 Å². The number of hydrogen-bond donors (Lipinski definition) is 2. The number of ether oxygens (including phenoxy) is 1. The second kappa shape index (κ2) is 8.76. The van der Waals surface area contributed by atoms with Crippen molar-refractivity contribution in [2.45, 2.75) is 51.1 Å². The second-order valence-corrected chi connectivity index (χ2v) is 10.7. The fourth-order valence-electron chi connectivity index (χ4n) is 4.90. The Morgan fingerprint density at radius 3 is 2.03 bits per heavy atom. The van der Waals surface area contributed by atoms with E-state index in [-0.39, 0.29) is 17.0 Å². The van der Waals surface area contributed by atoms with Crippen molar-refractivity contribution in [2.24, 2.45) is 0 Å².